The number of aromatic nitrogens is 1. The number of hydrogen-bond acceptors (Lipinski definition) is 5. The van der Waals surface area contributed by atoms with E-state index in [2.05, 4.69) is 52.0 Å². The Hall–Kier alpha value is -4.12. The Kier molecular flexibility index (Phi) is 4.84. The fraction of sp³-hybridized carbons (Fsp3) is 0.0769. The molecule has 5 nitrogen and oxygen atoms in total. The summed E-state index contributed by atoms with van der Waals surface area (Å²) in [5, 5.41) is 7.15. The molecule has 0 bridgehead atoms. The molecule has 0 spiro atoms. The molecule has 3 aromatic carbocycles. The number of rotatable bonds is 5. The summed E-state index contributed by atoms with van der Waals surface area (Å²) in [5.41, 5.74) is 6.16. The molecule has 4 aromatic rings. The van der Waals surface area contributed by atoms with Crippen molar-refractivity contribution in [3.05, 3.63) is 108 Å². The molecule has 5 rings (SSSR count). The van der Waals surface area contributed by atoms with E-state index in [-0.39, 0.29) is 0 Å². The monoisotopic (exact) mass is 406 g/mol. The predicted octanol–water partition coefficient (Wildman–Crippen LogP) is 5.52. The number of benzene rings is 3. The summed E-state index contributed by atoms with van der Waals surface area (Å²) in [6, 6.07) is 28.5. The first-order chi connectivity index (χ1) is 15.3. The number of nitrogens with one attached hydrogen (secondary N) is 2. The van der Waals surface area contributed by atoms with E-state index >= 15 is 0 Å². The maximum absolute atomic E-state index is 5.35. The normalized spacial score (nSPS) is 16.8. The Labute approximate surface area is 181 Å². The highest BCUT2D eigenvalue weighted by Gasteiger charge is 2.34. The molecule has 1 aliphatic heterocycles. The Morgan fingerprint density at radius 1 is 0.871 bits per heavy atom. The fourth-order valence-corrected chi connectivity index (χ4v) is 3.73. The first-order valence-electron chi connectivity index (χ1n) is 10.1. The number of hydrogen-bond donors (Lipinski definition) is 2. The number of methoxy groups -OCH3 is 1. The number of nitrogens with zero attached hydrogens (tertiary/aromatic N) is 2. The zero-order valence-electron chi connectivity index (χ0n) is 17.1. The van der Waals surface area contributed by atoms with E-state index in [1.807, 2.05) is 60.9 Å². The lowest BCUT2D eigenvalue weighted by Gasteiger charge is -2.36. The molecule has 152 valence electrons. The van der Waals surface area contributed by atoms with Gasteiger partial charge in [0.15, 0.2) is 0 Å². The van der Waals surface area contributed by atoms with Crippen LogP contribution in [0.4, 0.5) is 11.4 Å². The molecule has 2 N–H and O–H groups in total. The van der Waals surface area contributed by atoms with Gasteiger partial charge in [-0.3, -0.25) is 4.98 Å². The van der Waals surface area contributed by atoms with Crippen LogP contribution in [0.5, 0.6) is 5.75 Å². The quantitative estimate of drug-likeness (QED) is 0.458. The first-order valence-corrected chi connectivity index (χ1v) is 10.1. The van der Waals surface area contributed by atoms with Crippen LogP contribution in [-0.4, -0.2) is 18.3 Å². The zero-order valence-corrected chi connectivity index (χ0v) is 17.1. The maximum Gasteiger partial charge on any atom is 0.234 e. The Morgan fingerprint density at radius 2 is 1.68 bits per heavy atom. The van der Waals surface area contributed by atoms with Crippen molar-refractivity contribution in [1.82, 2.24) is 4.98 Å². The second kappa shape index (κ2) is 7.95. The van der Waals surface area contributed by atoms with Gasteiger partial charge in [-0.05, 0) is 53.6 Å². The van der Waals surface area contributed by atoms with Crippen LogP contribution in [0.15, 0.2) is 102 Å². The zero-order chi connectivity index (χ0) is 21.1. The highest BCUT2D eigenvalue weighted by atomic mass is 16.5. The van der Waals surface area contributed by atoms with Crippen LogP contribution in [0.1, 0.15) is 11.1 Å². The molecule has 1 aromatic heterocycles. The average Bonchev–Trinajstić information content (AvgIpc) is 2.85. The fourth-order valence-electron chi connectivity index (χ4n) is 3.73. The first kappa shape index (κ1) is 18.9. The summed E-state index contributed by atoms with van der Waals surface area (Å²) in [6.45, 7) is 0. The minimum Gasteiger partial charge on any atom is -0.497 e. The minimum absolute atomic E-state index is 0.797. The van der Waals surface area contributed by atoms with E-state index in [0.717, 1.165) is 28.3 Å². The summed E-state index contributed by atoms with van der Waals surface area (Å²) in [5.74, 6) is -0.0743. The molecule has 5 heteroatoms. The van der Waals surface area contributed by atoms with Gasteiger partial charge in [0.1, 0.15) is 5.75 Å². The van der Waals surface area contributed by atoms with Crippen molar-refractivity contribution >= 4 is 17.6 Å². The van der Waals surface area contributed by atoms with E-state index in [1.165, 1.54) is 11.1 Å². The van der Waals surface area contributed by atoms with Gasteiger partial charge in [0.25, 0.3) is 0 Å². The summed E-state index contributed by atoms with van der Waals surface area (Å²) in [7, 11) is 1.66. The molecule has 1 aliphatic rings. The molecule has 0 aliphatic carbocycles. The Morgan fingerprint density at radius 3 is 2.42 bits per heavy atom. The van der Waals surface area contributed by atoms with Crippen LogP contribution < -0.4 is 15.4 Å². The third kappa shape index (κ3) is 3.73. The maximum atomic E-state index is 5.35. The smallest absolute Gasteiger partial charge is 0.234 e. The molecule has 1 atom stereocenters. The molecule has 1 unspecified atom stereocenters. The Balaban J connectivity index is 1.50. The summed E-state index contributed by atoms with van der Waals surface area (Å²) >= 11 is 0. The van der Waals surface area contributed by atoms with Gasteiger partial charge in [-0.2, -0.15) is 0 Å². The lowest BCUT2D eigenvalue weighted by atomic mass is 10.0. The molecule has 2 heterocycles. The van der Waals surface area contributed by atoms with Crippen molar-refractivity contribution in [3.8, 4) is 16.9 Å². The van der Waals surface area contributed by atoms with Gasteiger partial charge in [0.05, 0.1) is 7.11 Å². The number of fused-ring (bicyclic) bond motifs is 1. The van der Waals surface area contributed by atoms with E-state index < -0.39 is 5.79 Å². The lowest BCUT2D eigenvalue weighted by molar-refractivity contribution is 0.414. The van der Waals surface area contributed by atoms with Gasteiger partial charge >= 0.3 is 0 Å². The second-order valence-electron chi connectivity index (χ2n) is 7.36. The SMILES string of the molecule is COc1ccc2c(c1)C=NC(Nc1ccc(-c3ccccc3)cc1)(c1cccnc1)N2. The van der Waals surface area contributed by atoms with Gasteiger partial charge in [0, 0.05) is 41.1 Å². The standard InChI is InChI=1S/C26H22N4O/c1-31-24-13-14-25-21(16-24)17-28-26(30-25,22-8-5-15-27-18-22)29-23-11-9-20(10-12-23)19-6-3-2-4-7-19/h2-18,29-30H,1H3. The van der Waals surface area contributed by atoms with Crippen molar-refractivity contribution < 1.29 is 4.74 Å². The topological polar surface area (TPSA) is 58.5 Å². The van der Waals surface area contributed by atoms with E-state index in [4.69, 9.17) is 9.73 Å². The Bertz CT molecular complexity index is 1210. The van der Waals surface area contributed by atoms with E-state index in [1.54, 1.807) is 13.3 Å². The van der Waals surface area contributed by atoms with Crippen molar-refractivity contribution in [2.45, 2.75) is 5.79 Å². The number of pyridine rings is 1. The largest absolute Gasteiger partial charge is 0.497 e. The molecular formula is C26H22N4O. The van der Waals surface area contributed by atoms with Gasteiger partial charge in [-0.1, -0.05) is 42.5 Å². The van der Waals surface area contributed by atoms with Crippen molar-refractivity contribution in [2.75, 3.05) is 17.7 Å². The molecule has 0 saturated heterocycles. The molecule has 0 radical (unpaired) electrons. The van der Waals surface area contributed by atoms with Crippen molar-refractivity contribution in [1.29, 1.82) is 0 Å². The molecule has 31 heavy (non-hydrogen) atoms. The van der Waals surface area contributed by atoms with Crippen molar-refractivity contribution in [2.24, 2.45) is 4.99 Å². The highest BCUT2D eigenvalue weighted by Crippen LogP contribution is 2.35. The average molecular weight is 406 g/mol. The lowest BCUT2D eigenvalue weighted by Crippen LogP contribution is -2.43. The summed E-state index contributed by atoms with van der Waals surface area (Å²) < 4.78 is 5.35. The van der Waals surface area contributed by atoms with Crippen LogP contribution in [0.3, 0.4) is 0 Å². The highest BCUT2D eigenvalue weighted by molar-refractivity contribution is 5.91. The van der Waals surface area contributed by atoms with Gasteiger partial charge in [0.2, 0.25) is 5.79 Å². The molecule has 0 amide bonds. The number of aliphatic imine (C=N–C) groups is 1. The van der Waals surface area contributed by atoms with Crippen LogP contribution in [0.2, 0.25) is 0 Å². The van der Waals surface area contributed by atoms with E-state index in [0.29, 0.717) is 0 Å². The molecule has 0 saturated carbocycles. The van der Waals surface area contributed by atoms with Crippen LogP contribution in [0, 0.1) is 0 Å². The number of anilines is 2. The number of ether oxygens (including phenoxy) is 1. The predicted molar refractivity (Wildman–Crippen MR) is 126 cm³/mol. The third-order valence-corrected chi connectivity index (χ3v) is 5.37. The van der Waals surface area contributed by atoms with Gasteiger partial charge in [-0.25, -0.2) is 4.99 Å². The van der Waals surface area contributed by atoms with E-state index in [9.17, 15) is 0 Å². The molecular weight excluding hydrogens is 384 g/mol. The summed E-state index contributed by atoms with van der Waals surface area (Å²) in [6.07, 6.45) is 5.45. The summed E-state index contributed by atoms with van der Waals surface area (Å²) in [4.78, 5) is 9.19. The van der Waals surface area contributed by atoms with Crippen LogP contribution in [-0.2, 0) is 5.79 Å². The second-order valence-corrected chi connectivity index (χ2v) is 7.36. The van der Waals surface area contributed by atoms with Gasteiger partial charge in [-0.15, -0.1) is 0 Å². The minimum atomic E-state index is -0.871. The van der Waals surface area contributed by atoms with Crippen LogP contribution in [0.25, 0.3) is 11.1 Å². The molecule has 0 fully saturated rings. The van der Waals surface area contributed by atoms with Gasteiger partial charge < -0.3 is 15.4 Å². The van der Waals surface area contributed by atoms with Crippen LogP contribution >= 0.6 is 0 Å². The third-order valence-electron chi connectivity index (χ3n) is 5.37. The van der Waals surface area contributed by atoms with Crippen molar-refractivity contribution in [3.63, 3.8) is 0 Å².